The lowest BCUT2D eigenvalue weighted by atomic mass is 10.2. The average molecular weight is 256 g/mol. The first-order chi connectivity index (χ1) is 7.67. The van der Waals surface area contributed by atoms with E-state index in [1.807, 2.05) is 11.8 Å². The predicted octanol–water partition coefficient (Wildman–Crippen LogP) is 1.66. The van der Waals surface area contributed by atoms with Gasteiger partial charge in [0.1, 0.15) is 16.5 Å². The van der Waals surface area contributed by atoms with Gasteiger partial charge in [0.25, 0.3) is 0 Å². The van der Waals surface area contributed by atoms with Crippen LogP contribution in [0.1, 0.15) is 19.0 Å². The molecule has 1 rings (SSSR count). The Bertz CT molecular complexity index is 339. The molecule has 1 unspecified atom stereocenters. The second kappa shape index (κ2) is 6.65. The van der Waals surface area contributed by atoms with Gasteiger partial charge in [-0.2, -0.15) is 11.8 Å². The van der Waals surface area contributed by atoms with E-state index in [9.17, 15) is 0 Å². The van der Waals surface area contributed by atoms with E-state index in [1.165, 1.54) is 0 Å². The number of anilines is 1. The molecule has 88 valence electrons. The van der Waals surface area contributed by atoms with Crippen molar-refractivity contribution in [3.05, 3.63) is 18.1 Å². The average Bonchev–Trinajstić information content (AvgIpc) is 2.29. The third kappa shape index (κ3) is 3.94. The molecule has 0 aromatic carbocycles. The molecule has 0 radical (unpaired) electrons. The molecule has 0 amide bonds. The van der Waals surface area contributed by atoms with Crippen LogP contribution in [0.3, 0.4) is 0 Å². The molecule has 0 aliphatic heterocycles. The summed E-state index contributed by atoms with van der Waals surface area (Å²) in [7, 11) is 0. The molecule has 6 heteroatoms. The Balaban J connectivity index is 2.63. The number of hydrogen-bond acceptors (Lipinski definition) is 5. The van der Waals surface area contributed by atoms with Gasteiger partial charge in [0.05, 0.1) is 12.4 Å². The number of nitrogens with zero attached hydrogens (tertiary/aromatic N) is 2. The second-order valence-corrected chi connectivity index (χ2v) is 4.71. The van der Waals surface area contributed by atoms with Crippen LogP contribution in [0.2, 0.25) is 0 Å². The smallest absolute Gasteiger partial charge is 0.144 e. The minimum atomic E-state index is 0.273. The molecule has 16 heavy (non-hydrogen) atoms. The third-order valence-electron chi connectivity index (χ3n) is 2.12. The summed E-state index contributed by atoms with van der Waals surface area (Å²) in [6, 6.07) is 0.417. The Labute approximate surface area is 105 Å². The van der Waals surface area contributed by atoms with Gasteiger partial charge in [-0.3, -0.25) is 0 Å². The Morgan fingerprint density at radius 2 is 2.31 bits per heavy atom. The summed E-state index contributed by atoms with van der Waals surface area (Å²) in [5.41, 5.74) is 6.00. The fraction of sp³-hybridized carbons (Fsp3) is 0.500. The second-order valence-electron chi connectivity index (χ2n) is 3.36. The van der Waals surface area contributed by atoms with Crippen molar-refractivity contribution in [3.8, 4) is 0 Å². The summed E-state index contributed by atoms with van der Waals surface area (Å²) in [6.45, 7) is 2.14. The molecule has 1 heterocycles. The fourth-order valence-corrected chi connectivity index (χ4v) is 2.03. The monoisotopic (exact) mass is 256 g/mol. The van der Waals surface area contributed by atoms with Gasteiger partial charge in [-0.05, 0) is 12.7 Å². The molecule has 0 saturated carbocycles. The van der Waals surface area contributed by atoms with Crippen molar-refractivity contribution in [1.82, 2.24) is 9.97 Å². The highest BCUT2D eigenvalue weighted by Gasteiger charge is 2.06. The van der Waals surface area contributed by atoms with Crippen LogP contribution < -0.4 is 11.1 Å². The van der Waals surface area contributed by atoms with Crippen molar-refractivity contribution < 1.29 is 0 Å². The third-order valence-corrected chi connectivity index (χ3v) is 3.06. The first-order valence-corrected chi connectivity index (χ1v) is 6.85. The van der Waals surface area contributed by atoms with Crippen LogP contribution in [-0.4, -0.2) is 33.0 Å². The van der Waals surface area contributed by atoms with E-state index in [2.05, 4.69) is 28.5 Å². The topological polar surface area (TPSA) is 63.8 Å². The van der Waals surface area contributed by atoms with Crippen molar-refractivity contribution in [2.75, 3.05) is 17.3 Å². The van der Waals surface area contributed by atoms with Crippen molar-refractivity contribution >= 4 is 34.8 Å². The SMILES string of the molecule is CCC(CSC)Nc1cnc(C(N)=S)cn1. The molecule has 0 saturated heterocycles. The summed E-state index contributed by atoms with van der Waals surface area (Å²) in [5, 5.41) is 3.32. The van der Waals surface area contributed by atoms with Crippen LogP contribution in [-0.2, 0) is 0 Å². The van der Waals surface area contributed by atoms with Crippen LogP contribution in [0, 0.1) is 0 Å². The molecule has 0 spiro atoms. The number of nitrogens with one attached hydrogen (secondary N) is 1. The highest BCUT2D eigenvalue weighted by molar-refractivity contribution is 7.98. The normalized spacial score (nSPS) is 12.1. The van der Waals surface area contributed by atoms with Gasteiger partial charge in [-0.25, -0.2) is 9.97 Å². The van der Waals surface area contributed by atoms with Crippen LogP contribution >= 0.6 is 24.0 Å². The maximum absolute atomic E-state index is 5.44. The molecule has 1 aromatic heterocycles. The fourth-order valence-electron chi connectivity index (χ4n) is 1.20. The molecule has 0 fully saturated rings. The van der Waals surface area contributed by atoms with Gasteiger partial charge in [0.15, 0.2) is 0 Å². The van der Waals surface area contributed by atoms with E-state index >= 15 is 0 Å². The van der Waals surface area contributed by atoms with Crippen molar-refractivity contribution in [3.63, 3.8) is 0 Å². The van der Waals surface area contributed by atoms with E-state index in [-0.39, 0.29) is 4.99 Å². The Morgan fingerprint density at radius 1 is 1.56 bits per heavy atom. The minimum absolute atomic E-state index is 0.273. The number of aromatic nitrogens is 2. The van der Waals surface area contributed by atoms with E-state index in [0.29, 0.717) is 11.7 Å². The molecule has 0 bridgehead atoms. The Hall–Kier alpha value is -0.880. The Kier molecular flexibility index (Phi) is 5.48. The molecule has 1 aromatic rings. The molecule has 0 aliphatic carbocycles. The standard InChI is InChI=1S/C10H16N4S2/c1-3-7(6-16-2)14-9-5-12-8(4-13-9)10(11)15/h4-5,7H,3,6H2,1-2H3,(H2,11,15)(H,13,14). The minimum Gasteiger partial charge on any atom is -0.388 e. The molecular weight excluding hydrogens is 240 g/mol. The number of nitrogens with two attached hydrogens (primary N) is 1. The van der Waals surface area contributed by atoms with Gasteiger partial charge in [-0.1, -0.05) is 19.1 Å². The molecule has 0 aliphatic rings. The predicted molar refractivity (Wildman–Crippen MR) is 74.0 cm³/mol. The van der Waals surface area contributed by atoms with E-state index < -0.39 is 0 Å². The van der Waals surface area contributed by atoms with Crippen LogP contribution in [0.25, 0.3) is 0 Å². The van der Waals surface area contributed by atoms with E-state index in [1.54, 1.807) is 12.4 Å². The van der Waals surface area contributed by atoms with Gasteiger partial charge in [-0.15, -0.1) is 0 Å². The molecule has 3 N–H and O–H groups in total. The van der Waals surface area contributed by atoms with Crippen molar-refractivity contribution in [2.45, 2.75) is 19.4 Å². The molecule has 4 nitrogen and oxygen atoms in total. The lowest BCUT2D eigenvalue weighted by Gasteiger charge is -2.15. The number of hydrogen-bond donors (Lipinski definition) is 2. The highest BCUT2D eigenvalue weighted by atomic mass is 32.2. The lowest BCUT2D eigenvalue weighted by molar-refractivity contribution is 0.768. The number of thiocarbonyl (C=S) groups is 1. The zero-order valence-electron chi connectivity index (χ0n) is 9.43. The zero-order valence-corrected chi connectivity index (χ0v) is 11.1. The van der Waals surface area contributed by atoms with Crippen LogP contribution in [0.5, 0.6) is 0 Å². The Morgan fingerprint density at radius 3 is 2.75 bits per heavy atom. The lowest BCUT2D eigenvalue weighted by Crippen LogP contribution is -2.22. The summed E-state index contributed by atoms with van der Waals surface area (Å²) in [5.74, 6) is 1.82. The zero-order chi connectivity index (χ0) is 12.0. The van der Waals surface area contributed by atoms with Crippen LogP contribution in [0.4, 0.5) is 5.82 Å². The number of thioether (sulfide) groups is 1. The van der Waals surface area contributed by atoms with E-state index in [0.717, 1.165) is 18.0 Å². The van der Waals surface area contributed by atoms with Gasteiger partial charge >= 0.3 is 0 Å². The van der Waals surface area contributed by atoms with Crippen LogP contribution in [0.15, 0.2) is 12.4 Å². The number of rotatable bonds is 6. The van der Waals surface area contributed by atoms with Crippen molar-refractivity contribution in [1.29, 1.82) is 0 Å². The first-order valence-electron chi connectivity index (χ1n) is 5.04. The van der Waals surface area contributed by atoms with Crippen molar-refractivity contribution in [2.24, 2.45) is 5.73 Å². The van der Waals surface area contributed by atoms with Gasteiger partial charge < -0.3 is 11.1 Å². The summed E-state index contributed by atoms with van der Waals surface area (Å²) in [6.07, 6.45) is 6.40. The highest BCUT2D eigenvalue weighted by Crippen LogP contribution is 2.09. The summed E-state index contributed by atoms with van der Waals surface area (Å²) in [4.78, 5) is 8.62. The molecule has 1 atom stereocenters. The maximum atomic E-state index is 5.44. The summed E-state index contributed by atoms with van der Waals surface area (Å²) < 4.78 is 0. The van der Waals surface area contributed by atoms with Gasteiger partial charge in [0, 0.05) is 11.8 Å². The quantitative estimate of drug-likeness (QED) is 0.755. The summed E-state index contributed by atoms with van der Waals surface area (Å²) >= 11 is 6.62. The molecular formula is C10H16N4S2. The van der Waals surface area contributed by atoms with E-state index in [4.69, 9.17) is 18.0 Å². The first kappa shape index (κ1) is 13.2. The maximum Gasteiger partial charge on any atom is 0.144 e. The van der Waals surface area contributed by atoms with Gasteiger partial charge in [0.2, 0.25) is 0 Å². The largest absolute Gasteiger partial charge is 0.388 e.